The first-order valence-corrected chi connectivity index (χ1v) is 11.8. The topological polar surface area (TPSA) is 41.1 Å². The molecule has 1 fully saturated rings. The zero-order valence-electron chi connectivity index (χ0n) is 18.5. The minimum absolute atomic E-state index is 0.770. The molecule has 4 nitrogen and oxygen atoms in total. The molecule has 31 heavy (non-hydrogen) atoms. The molecule has 0 spiro atoms. The fraction of sp³-hybridized carbons (Fsp3) is 0.407. The average Bonchev–Trinajstić information content (AvgIpc) is 3.15. The molecule has 1 saturated heterocycles. The summed E-state index contributed by atoms with van der Waals surface area (Å²) in [4.78, 5) is 12.6. The molecule has 0 radical (unpaired) electrons. The Morgan fingerprint density at radius 3 is 2.65 bits per heavy atom. The quantitative estimate of drug-likeness (QED) is 0.422. The Bertz CT molecular complexity index is 1040. The van der Waals surface area contributed by atoms with Gasteiger partial charge in [-0.25, -0.2) is 9.97 Å². The van der Waals surface area contributed by atoms with E-state index < -0.39 is 0 Å². The molecule has 5 rings (SSSR count). The van der Waals surface area contributed by atoms with E-state index in [1.54, 1.807) is 0 Å². The summed E-state index contributed by atoms with van der Waals surface area (Å²) >= 11 is 0. The fourth-order valence-electron chi connectivity index (χ4n) is 4.94. The molecule has 0 amide bonds. The van der Waals surface area contributed by atoms with E-state index in [1.165, 1.54) is 72.4 Å². The summed E-state index contributed by atoms with van der Waals surface area (Å²) in [5, 5.41) is 3.69. The van der Waals surface area contributed by atoms with Crippen LogP contribution in [0.4, 0.5) is 5.82 Å². The standard InChI is InChI=1S/C27H32N4/c1-20-11-12-23-22(17-20)19-24-26(23)27(28-13-8-16-31-14-6-3-7-15-31)30-25(29-24)18-21-9-4-2-5-10-21/h2,4-5,9-12,17H,3,6-8,13-16,18-19H2,1H3,(H,28,29,30). The van der Waals surface area contributed by atoms with E-state index in [1.807, 2.05) is 0 Å². The van der Waals surface area contributed by atoms with E-state index >= 15 is 0 Å². The second kappa shape index (κ2) is 9.19. The highest BCUT2D eigenvalue weighted by molar-refractivity contribution is 5.84. The molecule has 3 aromatic rings. The van der Waals surface area contributed by atoms with Crippen LogP contribution >= 0.6 is 0 Å². The molecule has 0 atom stereocenters. The lowest BCUT2D eigenvalue weighted by Gasteiger charge is -2.26. The molecule has 1 aliphatic heterocycles. The third-order valence-corrected chi connectivity index (χ3v) is 6.52. The lowest BCUT2D eigenvalue weighted by Crippen LogP contribution is -2.31. The number of hydrogen-bond donors (Lipinski definition) is 1. The monoisotopic (exact) mass is 412 g/mol. The van der Waals surface area contributed by atoms with Gasteiger partial charge in [-0.15, -0.1) is 0 Å². The van der Waals surface area contributed by atoms with E-state index in [9.17, 15) is 0 Å². The van der Waals surface area contributed by atoms with Gasteiger partial charge in [0.1, 0.15) is 11.6 Å². The van der Waals surface area contributed by atoms with Gasteiger partial charge in [0, 0.05) is 24.9 Å². The van der Waals surface area contributed by atoms with Gasteiger partial charge in [0.2, 0.25) is 0 Å². The van der Waals surface area contributed by atoms with Gasteiger partial charge in [-0.2, -0.15) is 0 Å². The molecule has 0 saturated carbocycles. The molecule has 2 heterocycles. The summed E-state index contributed by atoms with van der Waals surface area (Å²) in [5.41, 5.74) is 7.61. The maximum Gasteiger partial charge on any atom is 0.137 e. The van der Waals surface area contributed by atoms with Crippen LogP contribution in [0.1, 0.15) is 53.9 Å². The molecule has 0 unspecified atom stereocenters. The Labute approximate surface area is 185 Å². The number of aryl methyl sites for hydroxylation is 1. The van der Waals surface area contributed by atoms with Gasteiger partial charge in [-0.3, -0.25) is 0 Å². The fourth-order valence-corrected chi connectivity index (χ4v) is 4.94. The number of nitrogens with one attached hydrogen (secondary N) is 1. The van der Waals surface area contributed by atoms with Crippen LogP contribution in [0.3, 0.4) is 0 Å². The van der Waals surface area contributed by atoms with Gasteiger partial charge in [-0.05, 0) is 62.5 Å². The first-order valence-electron chi connectivity index (χ1n) is 11.8. The molecule has 2 aromatic carbocycles. The normalized spacial score (nSPS) is 15.5. The predicted molar refractivity (Wildman–Crippen MR) is 128 cm³/mol. The number of piperidine rings is 1. The molecule has 4 heteroatoms. The maximum absolute atomic E-state index is 5.01. The first kappa shape index (κ1) is 20.2. The van der Waals surface area contributed by atoms with Crippen molar-refractivity contribution in [1.29, 1.82) is 0 Å². The molecular weight excluding hydrogens is 380 g/mol. The SMILES string of the molecule is Cc1ccc2c(c1)Cc1nc(Cc3ccccc3)nc(NCCCN3CCCCC3)c1-2. The van der Waals surface area contributed by atoms with E-state index in [-0.39, 0.29) is 0 Å². The van der Waals surface area contributed by atoms with Crippen molar-refractivity contribution >= 4 is 5.82 Å². The van der Waals surface area contributed by atoms with Gasteiger partial charge in [0.15, 0.2) is 0 Å². The summed E-state index contributed by atoms with van der Waals surface area (Å²) < 4.78 is 0. The van der Waals surface area contributed by atoms with Crippen LogP contribution in [0.5, 0.6) is 0 Å². The summed E-state index contributed by atoms with van der Waals surface area (Å²) in [7, 11) is 0. The Balaban J connectivity index is 1.37. The van der Waals surface area contributed by atoms with Gasteiger partial charge in [0.25, 0.3) is 0 Å². The van der Waals surface area contributed by atoms with Crippen molar-refractivity contribution in [3.8, 4) is 11.1 Å². The summed E-state index contributed by atoms with van der Waals surface area (Å²) in [5.74, 6) is 1.92. The highest BCUT2D eigenvalue weighted by atomic mass is 15.1. The van der Waals surface area contributed by atoms with E-state index in [2.05, 4.69) is 65.7 Å². The summed E-state index contributed by atoms with van der Waals surface area (Å²) in [6.45, 7) is 6.81. The third-order valence-electron chi connectivity index (χ3n) is 6.52. The molecular formula is C27H32N4. The van der Waals surface area contributed by atoms with E-state index in [4.69, 9.17) is 9.97 Å². The van der Waals surface area contributed by atoms with Crippen molar-refractivity contribution in [3.05, 3.63) is 76.7 Å². The van der Waals surface area contributed by atoms with Crippen molar-refractivity contribution < 1.29 is 0 Å². The maximum atomic E-state index is 5.01. The van der Waals surface area contributed by atoms with Crippen LogP contribution in [0.25, 0.3) is 11.1 Å². The minimum Gasteiger partial charge on any atom is -0.369 e. The number of benzene rings is 2. The van der Waals surface area contributed by atoms with E-state index in [0.29, 0.717) is 0 Å². The molecule has 0 bridgehead atoms. The van der Waals surface area contributed by atoms with Gasteiger partial charge >= 0.3 is 0 Å². The number of nitrogens with zero attached hydrogens (tertiary/aromatic N) is 3. The zero-order chi connectivity index (χ0) is 21.0. The Morgan fingerprint density at radius 1 is 0.968 bits per heavy atom. The van der Waals surface area contributed by atoms with Crippen molar-refractivity contribution in [2.45, 2.75) is 45.4 Å². The Hall–Kier alpha value is -2.72. The van der Waals surface area contributed by atoms with Gasteiger partial charge in [0.05, 0.1) is 5.69 Å². The molecule has 2 aliphatic rings. The number of hydrogen-bond acceptors (Lipinski definition) is 4. The Kier molecular flexibility index (Phi) is 5.99. The molecule has 1 aromatic heterocycles. The van der Waals surface area contributed by atoms with Crippen molar-refractivity contribution in [2.24, 2.45) is 0 Å². The first-order chi connectivity index (χ1) is 15.3. The lowest BCUT2D eigenvalue weighted by molar-refractivity contribution is 0.228. The highest BCUT2D eigenvalue weighted by Gasteiger charge is 2.25. The van der Waals surface area contributed by atoms with Crippen molar-refractivity contribution in [2.75, 3.05) is 31.5 Å². The lowest BCUT2D eigenvalue weighted by atomic mass is 10.0. The Morgan fingerprint density at radius 2 is 1.81 bits per heavy atom. The second-order valence-corrected chi connectivity index (χ2v) is 8.99. The van der Waals surface area contributed by atoms with Crippen molar-refractivity contribution in [1.82, 2.24) is 14.9 Å². The van der Waals surface area contributed by atoms with Crippen LogP contribution in [0, 0.1) is 6.92 Å². The number of rotatable bonds is 7. The largest absolute Gasteiger partial charge is 0.369 e. The van der Waals surface area contributed by atoms with Gasteiger partial charge < -0.3 is 10.2 Å². The highest BCUT2D eigenvalue weighted by Crippen LogP contribution is 2.40. The predicted octanol–water partition coefficient (Wildman–Crippen LogP) is 5.23. The van der Waals surface area contributed by atoms with Crippen LogP contribution in [0.15, 0.2) is 48.5 Å². The third kappa shape index (κ3) is 4.64. The minimum atomic E-state index is 0.770. The number of aromatic nitrogens is 2. The number of likely N-dealkylation sites (tertiary alicyclic amines) is 1. The number of fused-ring (bicyclic) bond motifs is 3. The molecule has 1 aliphatic carbocycles. The molecule has 160 valence electrons. The smallest absolute Gasteiger partial charge is 0.137 e. The van der Waals surface area contributed by atoms with Crippen LogP contribution in [-0.2, 0) is 12.8 Å². The zero-order valence-corrected chi connectivity index (χ0v) is 18.5. The van der Waals surface area contributed by atoms with Gasteiger partial charge in [-0.1, -0.05) is 60.5 Å². The number of anilines is 1. The van der Waals surface area contributed by atoms with E-state index in [0.717, 1.165) is 37.4 Å². The van der Waals surface area contributed by atoms with Crippen LogP contribution < -0.4 is 5.32 Å². The summed E-state index contributed by atoms with van der Waals surface area (Å²) in [6, 6.07) is 17.3. The second-order valence-electron chi connectivity index (χ2n) is 8.99. The molecule has 1 N–H and O–H groups in total. The average molecular weight is 413 g/mol. The summed E-state index contributed by atoms with van der Waals surface area (Å²) in [6.07, 6.45) is 6.92. The van der Waals surface area contributed by atoms with Crippen LogP contribution in [0.2, 0.25) is 0 Å². The van der Waals surface area contributed by atoms with Crippen molar-refractivity contribution in [3.63, 3.8) is 0 Å². The van der Waals surface area contributed by atoms with Crippen LogP contribution in [-0.4, -0.2) is 41.0 Å².